The summed E-state index contributed by atoms with van der Waals surface area (Å²) in [5.74, 6) is 0.305. The van der Waals surface area contributed by atoms with Gasteiger partial charge < -0.3 is 9.84 Å². The molecule has 0 bridgehead atoms. The molecule has 1 aromatic heterocycles. The molecule has 0 radical (unpaired) electrons. The number of hydrogen-bond acceptors (Lipinski definition) is 3. The number of rotatable bonds is 2. The minimum absolute atomic E-state index is 0.288. The molecule has 1 saturated heterocycles. The van der Waals surface area contributed by atoms with Crippen molar-refractivity contribution in [2.75, 3.05) is 13.1 Å². The van der Waals surface area contributed by atoms with Gasteiger partial charge in [-0.05, 0) is 50.4 Å². The maximum Gasteiger partial charge on any atom is 0.202 e. The van der Waals surface area contributed by atoms with Gasteiger partial charge in [-0.3, -0.25) is 0 Å². The second-order valence-electron chi connectivity index (χ2n) is 4.64. The van der Waals surface area contributed by atoms with Gasteiger partial charge in [0, 0.05) is 5.39 Å². The van der Waals surface area contributed by atoms with Crippen LogP contribution in [0.4, 0.5) is 4.39 Å². The number of nitrogens with zero attached hydrogens (tertiary/aromatic N) is 1. The van der Waals surface area contributed by atoms with Gasteiger partial charge in [0.15, 0.2) is 5.82 Å². The predicted octanol–water partition coefficient (Wildman–Crippen LogP) is 2.51. The number of hydrogen-bond donors (Lipinski definition) is 1. The number of benzene rings is 1. The van der Waals surface area contributed by atoms with Crippen molar-refractivity contribution in [1.82, 2.24) is 10.5 Å². The van der Waals surface area contributed by atoms with Crippen LogP contribution in [0.2, 0.25) is 0 Å². The Morgan fingerprint density at radius 2 is 2.18 bits per heavy atom. The van der Waals surface area contributed by atoms with E-state index in [1.807, 2.05) is 6.07 Å². The number of piperidine rings is 1. The molecule has 1 aliphatic rings. The lowest BCUT2D eigenvalue weighted by molar-refractivity contribution is 0.359. The van der Waals surface area contributed by atoms with Gasteiger partial charge in [0.2, 0.25) is 5.58 Å². The summed E-state index contributed by atoms with van der Waals surface area (Å²) in [5, 5.41) is 8.17. The molecular weight excluding hydrogens is 219 g/mol. The van der Waals surface area contributed by atoms with E-state index in [-0.39, 0.29) is 11.4 Å². The van der Waals surface area contributed by atoms with Gasteiger partial charge in [-0.2, -0.15) is 0 Å². The molecule has 0 atom stereocenters. The highest BCUT2D eigenvalue weighted by molar-refractivity contribution is 5.79. The van der Waals surface area contributed by atoms with Crippen LogP contribution in [-0.4, -0.2) is 18.2 Å². The molecule has 0 amide bonds. The van der Waals surface area contributed by atoms with E-state index < -0.39 is 0 Å². The largest absolute Gasteiger partial charge is 0.353 e. The summed E-state index contributed by atoms with van der Waals surface area (Å²) >= 11 is 0. The van der Waals surface area contributed by atoms with Gasteiger partial charge in [-0.25, -0.2) is 4.39 Å². The number of nitrogens with one attached hydrogen (secondary N) is 1. The van der Waals surface area contributed by atoms with E-state index in [2.05, 4.69) is 10.5 Å². The summed E-state index contributed by atoms with van der Waals surface area (Å²) in [6, 6.07) is 4.99. The predicted molar refractivity (Wildman–Crippen MR) is 63.3 cm³/mol. The van der Waals surface area contributed by atoms with E-state index in [0.717, 1.165) is 43.4 Å². The number of aromatic nitrogens is 1. The molecule has 0 spiro atoms. The average Bonchev–Trinajstić information content (AvgIpc) is 2.76. The molecule has 2 aromatic rings. The standard InChI is InChI=1S/C13H15FN2O/c14-11-3-1-2-10-12(16-17-13(10)11)8-9-4-6-15-7-5-9/h1-3,9,15H,4-8H2. The van der Waals surface area contributed by atoms with Gasteiger partial charge in [0.05, 0.1) is 5.69 Å². The van der Waals surface area contributed by atoms with Crippen molar-refractivity contribution < 1.29 is 8.91 Å². The van der Waals surface area contributed by atoms with Crippen LogP contribution in [0, 0.1) is 11.7 Å². The Morgan fingerprint density at radius 1 is 1.35 bits per heavy atom. The summed E-state index contributed by atoms with van der Waals surface area (Å²) in [5.41, 5.74) is 1.18. The number of fused-ring (bicyclic) bond motifs is 1. The van der Waals surface area contributed by atoms with Crippen molar-refractivity contribution in [2.24, 2.45) is 5.92 Å². The zero-order valence-corrected chi connectivity index (χ0v) is 9.58. The zero-order chi connectivity index (χ0) is 11.7. The van der Waals surface area contributed by atoms with E-state index >= 15 is 0 Å². The van der Waals surface area contributed by atoms with Crippen LogP contribution in [0.3, 0.4) is 0 Å². The molecule has 17 heavy (non-hydrogen) atoms. The van der Waals surface area contributed by atoms with Crippen molar-refractivity contribution in [3.05, 3.63) is 29.7 Å². The maximum absolute atomic E-state index is 13.4. The Morgan fingerprint density at radius 3 is 3.00 bits per heavy atom. The molecule has 0 aliphatic carbocycles. The molecular formula is C13H15FN2O. The minimum atomic E-state index is -0.327. The molecule has 1 N–H and O–H groups in total. The van der Waals surface area contributed by atoms with Crippen LogP contribution in [-0.2, 0) is 6.42 Å². The lowest BCUT2D eigenvalue weighted by Crippen LogP contribution is -2.28. The Labute approximate surface area is 99.0 Å². The summed E-state index contributed by atoms with van der Waals surface area (Å²) in [4.78, 5) is 0. The first-order chi connectivity index (χ1) is 8.34. The summed E-state index contributed by atoms with van der Waals surface area (Å²) in [7, 11) is 0. The van der Waals surface area contributed by atoms with Gasteiger partial charge in [0.1, 0.15) is 0 Å². The Bertz CT molecular complexity index is 517. The second-order valence-corrected chi connectivity index (χ2v) is 4.64. The van der Waals surface area contributed by atoms with E-state index in [1.165, 1.54) is 6.07 Å². The smallest absolute Gasteiger partial charge is 0.202 e. The Hall–Kier alpha value is -1.42. The fraction of sp³-hybridized carbons (Fsp3) is 0.462. The van der Waals surface area contributed by atoms with Crippen LogP contribution in [0.25, 0.3) is 11.0 Å². The number of para-hydroxylation sites is 1. The van der Waals surface area contributed by atoms with Gasteiger partial charge >= 0.3 is 0 Å². The third-order valence-electron chi connectivity index (χ3n) is 3.47. The Balaban J connectivity index is 1.87. The van der Waals surface area contributed by atoms with E-state index in [0.29, 0.717) is 5.92 Å². The molecule has 0 saturated carbocycles. The van der Waals surface area contributed by atoms with Crippen molar-refractivity contribution in [1.29, 1.82) is 0 Å². The third kappa shape index (κ3) is 2.05. The highest BCUT2D eigenvalue weighted by Crippen LogP contribution is 2.25. The average molecular weight is 234 g/mol. The van der Waals surface area contributed by atoms with Gasteiger partial charge in [0.25, 0.3) is 0 Å². The molecule has 4 heteroatoms. The number of halogens is 1. The zero-order valence-electron chi connectivity index (χ0n) is 9.58. The van der Waals surface area contributed by atoms with Gasteiger partial charge in [-0.1, -0.05) is 11.2 Å². The first-order valence-corrected chi connectivity index (χ1v) is 6.08. The summed E-state index contributed by atoms with van der Waals surface area (Å²) in [6.07, 6.45) is 3.20. The normalized spacial score (nSPS) is 17.7. The first kappa shape index (κ1) is 10.7. The lowest BCUT2D eigenvalue weighted by Gasteiger charge is -2.21. The third-order valence-corrected chi connectivity index (χ3v) is 3.47. The highest BCUT2D eigenvalue weighted by atomic mass is 19.1. The molecule has 1 aromatic carbocycles. The van der Waals surface area contributed by atoms with Crippen LogP contribution >= 0.6 is 0 Å². The van der Waals surface area contributed by atoms with Crippen LogP contribution < -0.4 is 5.32 Å². The van der Waals surface area contributed by atoms with E-state index in [4.69, 9.17) is 4.52 Å². The lowest BCUT2D eigenvalue weighted by atomic mass is 9.92. The molecule has 1 aliphatic heterocycles. The van der Waals surface area contributed by atoms with Crippen molar-refractivity contribution in [2.45, 2.75) is 19.3 Å². The molecule has 90 valence electrons. The van der Waals surface area contributed by atoms with Gasteiger partial charge in [-0.15, -0.1) is 0 Å². The van der Waals surface area contributed by atoms with E-state index in [1.54, 1.807) is 6.07 Å². The van der Waals surface area contributed by atoms with Crippen molar-refractivity contribution >= 4 is 11.0 Å². The Kier molecular flexibility index (Phi) is 2.81. The summed E-state index contributed by atoms with van der Waals surface area (Å²) < 4.78 is 18.5. The molecule has 3 nitrogen and oxygen atoms in total. The van der Waals surface area contributed by atoms with E-state index in [9.17, 15) is 4.39 Å². The van der Waals surface area contributed by atoms with Crippen LogP contribution in [0.5, 0.6) is 0 Å². The maximum atomic E-state index is 13.4. The fourth-order valence-electron chi connectivity index (χ4n) is 2.49. The summed E-state index contributed by atoms with van der Waals surface area (Å²) in [6.45, 7) is 2.13. The monoisotopic (exact) mass is 234 g/mol. The SMILES string of the molecule is Fc1cccc2c(CC3CCNCC3)noc12. The first-order valence-electron chi connectivity index (χ1n) is 6.08. The quantitative estimate of drug-likeness (QED) is 0.867. The highest BCUT2D eigenvalue weighted by Gasteiger charge is 2.18. The van der Waals surface area contributed by atoms with Crippen molar-refractivity contribution in [3.63, 3.8) is 0 Å². The fourth-order valence-corrected chi connectivity index (χ4v) is 2.49. The topological polar surface area (TPSA) is 38.1 Å². The molecule has 3 rings (SSSR count). The molecule has 1 fully saturated rings. The molecule has 0 unspecified atom stereocenters. The van der Waals surface area contributed by atoms with Crippen molar-refractivity contribution in [3.8, 4) is 0 Å². The minimum Gasteiger partial charge on any atom is -0.353 e. The second kappa shape index (κ2) is 4.45. The van der Waals surface area contributed by atoms with Crippen LogP contribution in [0.15, 0.2) is 22.7 Å². The molecule has 2 heterocycles. The van der Waals surface area contributed by atoms with Crippen LogP contribution in [0.1, 0.15) is 18.5 Å².